The second kappa shape index (κ2) is 7.01. The van der Waals surface area contributed by atoms with E-state index in [0.717, 1.165) is 11.1 Å². The van der Waals surface area contributed by atoms with Crippen molar-refractivity contribution >= 4 is 17.5 Å². The molecule has 3 nitrogen and oxygen atoms in total. The lowest BCUT2D eigenvalue weighted by Crippen LogP contribution is -2.46. The van der Waals surface area contributed by atoms with Crippen LogP contribution in [0.2, 0.25) is 5.02 Å². The number of ether oxygens (including phenoxy) is 1. The normalized spacial score (nSPS) is 20.3. The third kappa shape index (κ3) is 3.49. The summed E-state index contributed by atoms with van der Waals surface area (Å²) in [7, 11) is 0. The van der Waals surface area contributed by atoms with Crippen molar-refractivity contribution in [3.63, 3.8) is 0 Å². The summed E-state index contributed by atoms with van der Waals surface area (Å²) in [5.74, 6) is 0.340. The average Bonchev–Trinajstić information content (AvgIpc) is 3.50. The minimum absolute atomic E-state index is 0.0342. The summed E-state index contributed by atoms with van der Waals surface area (Å²) in [4.78, 5) is 14.7. The van der Waals surface area contributed by atoms with E-state index < -0.39 is 0 Å². The van der Waals surface area contributed by atoms with Crippen molar-refractivity contribution in [1.29, 1.82) is 0 Å². The quantitative estimate of drug-likeness (QED) is 0.780. The summed E-state index contributed by atoms with van der Waals surface area (Å²) >= 11 is 6.18. The molecule has 4 rings (SSSR count). The van der Waals surface area contributed by atoms with E-state index in [1.807, 2.05) is 29.2 Å². The molecular weight excluding hydrogens is 353 g/mol. The van der Waals surface area contributed by atoms with Gasteiger partial charge in [-0.25, -0.2) is 4.39 Å². The Morgan fingerprint density at radius 3 is 2.65 bits per heavy atom. The van der Waals surface area contributed by atoms with Gasteiger partial charge in [-0.15, -0.1) is 0 Å². The molecule has 136 valence electrons. The van der Waals surface area contributed by atoms with E-state index in [-0.39, 0.29) is 17.8 Å². The first kappa shape index (κ1) is 17.5. The smallest absolute Gasteiger partial charge is 0.254 e. The molecule has 1 amide bonds. The van der Waals surface area contributed by atoms with Gasteiger partial charge in [0, 0.05) is 24.2 Å². The summed E-state index contributed by atoms with van der Waals surface area (Å²) in [6.45, 7) is 3.62. The molecule has 0 aromatic heterocycles. The molecule has 1 aliphatic carbocycles. The van der Waals surface area contributed by atoms with Crippen molar-refractivity contribution in [2.24, 2.45) is 5.92 Å². The van der Waals surface area contributed by atoms with Crippen LogP contribution in [0.15, 0.2) is 36.4 Å². The van der Waals surface area contributed by atoms with E-state index in [1.54, 1.807) is 13.0 Å². The molecule has 2 aromatic carbocycles. The van der Waals surface area contributed by atoms with Crippen molar-refractivity contribution in [1.82, 2.24) is 4.90 Å². The van der Waals surface area contributed by atoms with Gasteiger partial charge in [-0.1, -0.05) is 23.7 Å². The standard InChI is InChI=1S/C21H21ClFNO2/c1-13-10-17(18(22)11-19(13)23)14-2-6-16(7-3-14)21(25)24-8-9-26-20(12-24)15-4-5-15/h2-3,6-7,10-11,15,20H,4-5,8-9,12H2,1H3/t20-/m0/s1. The minimum Gasteiger partial charge on any atom is -0.374 e. The number of benzene rings is 2. The van der Waals surface area contributed by atoms with Crippen LogP contribution in [0.1, 0.15) is 28.8 Å². The SMILES string of the molecule is Cc1cc(-c2ccc(C(=O)N3CCO[C@H](C4CC4)C3)cc2)c(Cl)cc1F. The number of halogens is 2. The van der Waals surface area contributed by atoms with E-state index in [0.29, 0.717) is 41.8 Å². The lowest BCUT2D eigenvalue weighted by atomic mass is 10.0. The van der Waals surface area contributed by atoms with Crippen LogP contribution in [-0.2, 0) is 4.74 Å². The average molecular weight is 374 g/mol. The third-order valence-corrected chi connectivity index (χ3v) is 5.53. The van der Waals surface area contributed by atoms with Crippen molar-refractivity contribution in [2.45, 2.75) is 25.9 Å². The number of carbonyl (C=O) groups excluding carboxylic acids is 1. The van der Waals surface area contributed by atoms with Gasteiger partial charge in [-0.3, -0.25) is 4.79 Å². The maximum absolute atomic E-state index is 13.6. The van der Waals surface area contributed by atoms with Gasteiger partial charge in [0.05, 0.1) is 17.7 Å². The van der Waals surface area contributed by atoms with Gasteiger partial charge < -0.3 is 9.64 Å². The molecule has 1 heterocycles. The lowest BCUT2D eigenvalue weighted by Gasteiger charge is -2.33. The molecule has 2 aliphatic rings. The Balaban J connectivity index is 1.52. The Labute approximate surface area is 157 Å². The maximum atomic E-state index is 13.6. The first-order chi connectivity index (χ1) is 12.5. The number of morpholine rings is 1. The molecule has 5 heteroatoms. The summed E-state index contributed by atoms with van der Waals surface area (Å²) < 4.78 is 19.4. The van der Waals surface area contributed by atoms with Crippen LogP contribution < -0.4 is 0 Å². The predicted octanol–water partition coefficient (Wildman–Crippen LogP) is 4.71. The van der Waals surface area contributed by atoms with E-state index in [2.05, 4.69) is 0 Å². The monoisotopic (exact) mass is 373 g/mol. The molecule has 1 atom stereocenters. The number of nitrogens with zero attached hydrogens (tertiary/aromatic N) is 1. The van der Waals surface area contributed by atoms with Crippen LogP contribution in [0.3, 0.4) is 0 Å². The highest BCUT2D eigenvalue weighted by molar-refractivity contribution is 6.33. The van der Waals surface area contributed by atoms with Gasteiger partial charge in [0.2, 0.25) is 0 Å². The number of amides is 1. The lowest BCUT2D eigenvalue weighted by molar-refractivity contribution is -0.0313. The molecule has 1 aliphatic heterocycles. The van der Waals surface area contributed by atoms with Crippen LogP contribution in [0.25, 0.3) is 11.1 Å². The van der Waals surface area contributed by atoms with E-state index in [9.17, 15) is 9.18 Å². The fourth-order valence-electron chi connectivity index (χ4n) is 3.47. The number of rotatable bonds is 3. The molecule has 26 heavy (non-hydrogen) atoms. The van der Waals surface area contributed by atoms with Crippen molar-refractivity contribution < 1.29 is 13.9 Å². The molecule has 0 bridgehead atoms. The van der Waals surface area contributed by atoms with Crippen LogP contribution in [-0.4, -0.2) is 36.6 Å². The molecule has 0 N–H and O–H groups in total. The van der Waals surface area contributed by atoms with Gasteiger partial charge in [0.25, 0.3) is 5.91 Å². The van der Waals surface area contributed by atoms with Crippen LogP contribution in [0.4, 0.5) is 4.39 Å². The second-order valence-corrected chi connectivity index (χ2v) is 7.56. The fraction of sp³-hybridized carbons (Fsp3) is 0.381. The highest BCUT2D eigenvalue weighted by Crippen LogP contribution is 2.36. The zero-order valence-corrected chi connectivity index (χ0v) is 15.4. The van der Waals surface area contributed by atoms with Crippen LogP contribution >= 0.6 is 11.6 Å². The molecule has 2 aromatic rings. The molecule has 0 spiro atoms. The third-order valence-electron chi connectivity index (χ3n) is 5.22. The van der Waals surface area contributed by atoms with Gasteiger partial charge in [-0.2, -0.15) is 0 Å². The Hall–Kier alpha value is -1.91. The van der Waals surface area contributed by atoms with E-state index in [1.165, 1.54) is 18.9 Å². The number of hydrogen-bond acceptors (Lipinski definition) is 2. The summed E-state index contributed by atoms with van der Waals surface area (Å²) in [6, 6.07) is 10.4. The van der Waals surface area contributed by atoms with E-state index in [4.69, 9.17) is 16.3 Å². The summed E-state index contributed by atoms with van der Waals surface area (Å²) in [5.41, 5.74) is 2.83. The summed E-state index contributed by atoms with van der Waals surface area (Å²) in [6.07, 6.45) is 2.60. The zero-order chi connectivity index (χ0) is 18.3. The van der Waals surface area contributed by atoms with Crippen molar-refractivity contribution in [3.05, 3.63) is 58.4 Å². The van der Waals surface area contributed by atoms with Crippen LogP contribution in [0, 0.1) is 18.7 Å². The second-order valence-electron chi connectivity index (χ2n) is 7.16. The fourth-order valence-corrected chi connectivity index (χ4v) is 3.73. The molecule has 0 unspecified atom stereocenters. The first-order valence-corrected chi connectivity index (χ1v) is 9.37. The van der Waals surface area contributed by atoms with Gasteiger partial charge >= 0.3 is 0 Å². The predicted molar refractivity (Wildman–Crippen MR) is 100.0 cm³/mol. The van der Waals surface area contributed by atoms with Gasteiger partial charge in [0.1, 0.15) is 5.82 Å². The number of carbonyl (C=O) groups is 1. The first-order valence-electron chi connectivity index (χ1n) is 9.00. The molecule has 1 saturated carbocycles. The summed E-state index contributed by atoms with van der Waals surface area (Å²) in [5, 5.41) is 0.368. The molecule has 0 radical (unpaired) electrons. The molecular formula is C21H21ClFNO2. The van der Waals surface area contributed by atoms with Crippen LogP contribution in [0.5, 0.6) is 0 Å². The van der Waals surface area contributed by atoms with Crippen molar-refractivity contribution in [3.8, 4) is 11.1 Å². The maximum Gasteiger partial charge on any atom is 0.254 e. The largest absolute Gasteiger partial charge is 0.374 e. The van der Waals surface area contributed by atoms with Gasteiger partial charge in [-0.05, 0) is 61.1 Å². The number of hydrogen-bond donors (Lipinski definition) is 0. The molecule has 1 saturated heterocycles. The Morgan fingerprint density at radius 2 is 1.96 bits per heavy atom. The highest BCUT2D eigenvalue weighted by Gasteiger charge is 2.36. The zero-order valence-electron chi connectivity index (χ0n) is 14.7. The van der Waals surface area contributed by atoms with E-state index >= 15 is 0 Å². The Kier molecular flexibility index (Phi) is 4.72. The Morgan fingerprint density at radius 1 is 1.23 bits per heavy atom. The highest BCUT2D eigenvalue weighted by atomic mass is 35.5. The topological polar surface area (TPSA) is 29.5 Å². The molecule has 2 fully saturated rings. The minimum atomic E-state index is -0.317. The van der Waals surface area contributed by atoms with Crippen molar-refractivity contribution in [2.75, 3.05) is 19.7 Å². The number of aryl methyl sites for hydroxylation is 1. The Bertz CT molecular complexity index is 833. The van der Waals surface area contributed by atoms with Gasteiger partial charge in [0.15, 0.2) is 0 Å².